The molecule has 2 aromatic carbocycles. The normalized spacial score (nSPS) is 20.4. The molecule has 0 spiro atoms. The molecule has 2 aliphatic rings. The summed E-state index contributed by atoms with van der Waals surface area (Å²) >= 11 is 1.60. The highest BCUT2D eigenvalue weighted by molar-refractivity contribution is 7.89. The fraction of sp³-hybridized carbons (Fsp3) is 0.400. The topological polar surface area (TPSA) is 63.9 Å². The van der Waals surface area contributed by atoms with Crippen LogP contribution >= 0.6 is 11.3 Å². The van der Waals surface area contributed by atoms with Gasteiger partial charge in [0.25, 0.3) is 0 Å². The summed E-state index contributed by atoms with van der Waals surface area (Å²) in [6.07, 6.45) is 5.27. The van der Waals surface area contributed by atoms with Gasteiger partial charge in [-0.3, -0.25) is 0 Å². The molecule has 1 aromatic heterocycles. The molecule has 8 heteroatoms. The summed E-state index contributed by atoms with van der Waals surface area (Å²) in [5.74, 6) is 0. The molecule has 5 rings (SSSR count). The third-order valence-corrected chi connectivity index (χ3v) is 9.07. The first-order valence-corrected chi connectivity index (χ1v) is 13.9. The number of ether oxygens (including phenoxy) is 1. The highest BCUT2D eigenvalue weighted by atomic mass is 32.2. The van der Waals surface area contributed by atoms with Crippen molar-refractivity contribution in [1.82, 2.24) is 8.87 Å². The van der Waals surface area contributed by atoms with Crippen molar-refractivity contribution in [2.45, 2.75) is 49.6 Å². The average Bonchev–Trinajstić information content (AvgIpc) is 3.51. The van der Waals surface area contributed by atoms with Crippen LogP contribution in [0.1, 0.15) is 32.1 Å². The van der Waals surface area contributed by atoms with Crippen molar-refractivity contribution in [2.24, 2.45) is 4.99 Å². The number of nitrogens with zero attached hydrogens (tertiary/aromatic N) is 3. The number of para-hydroxylation sites is 1. The smallest absolute Gasteiger partial charge is 0.243 e. The van der Waals surface area contributed by atoms with Crippen molar-refractivity contribution in [3.05, 3.63) is 64.8 Å². The number of aromatic nitrogens is 1. The van der Waals surface area contributed by atoms with Crippen LogP contribution in [0.3, 0.4) is 0 Å². The molecule has 3 aromatic rings. The number of sulfonamides is 1. The van der Waals surface area contributed by atoms with Crippen LogP contribution in [-0.4, -0.2) is 43.1 Å². The summed E-state index contributed by atoms with van der Waals surface area (Å²) in [6, 6.07) is 17.3. The van der Waals surface area contributed by atoms with Crippen LogP contribution in [0.4, 0.5) is 5.69 Å². The fourth-order valence-corrected chi connectivity index (χ4v) is 6.94. The third-order valence-electron chi connectivity index (χ3n) is 6.29. The van der Waals surface area contributed by atoms with E-state index in [2.05, 4.69) is 9.95 Å². The summed E-state index contributed by atoms with van der Waals surface area (Å²) in [5.41, 5.74) is 2.93. The molecule has 0 amide bonds. The minimum Gasteiger partial charge on any atom is -0.376 e. The summed E-state index contributed by atoms with van der Waals surface area (Å²) in [7, 11) is -3.43. The monoisotopic (exact) mass is 483 g/mol. The number of piperidine rings is 1. The summed E-state index contributed by atoms with van der Waals surface area (Å²) in [5, 5.41) is 2.10. The molecule has 0 bridgehead atoms. The van der Waals surface area contributed by atoms with Crippen molar-refractivity contribution in [3.63, 3.8) is 0 Å². The molecule has 3 heterocycles. The van der Waals surface area contributed by atoms with E-state index < -0.39 is 10.0 Å². The molecule has 33 heavy (non-hydrogen) atoms. The largest absolute Gasteiger partial charge is 0.376 e. The maximum Gasteiger partial charge on any atom is 0.243 e. The zero-order valence-corrected chi connectivity index (χ0v) is 20.2. The minimum absolute atomic E-state index is 0.173. The van der Waals surface area contributed by atoms with E-state index in [1.165, 1.54) is 0 Å². The second kappa shape index (κ2) is 9.93. The van der Waals surface area contributed by atoms with Gasteiger partial charge in [0.1, 0.15) is 0 Å². The van der Waals surface area contributed by atoms with Crippen molar-refractivity contribution < 1.29 is 13.2 Å². The average molecular weight is 484 g/mol. The Hall–Kier alpha value is -2.26. The summed E-state index contributed by atoms with van der Waals surface area (Å²) in [6.45, 7) is 2.76. The Morgan fingerprint density at radius 3 is 2.42 bits per heavy atom. The van der Waals surface area contributed by atoms with Crippen LogP contribution in [0.2, 0.25) is 0 Å². The lowest BCUT2D eigenvalue weighted by molar-refractivity contribution is 0.0968. The van der Waals surface area contributed by atoms with Gasteiger partial charge in [-0.05, 0) is 55.5 Å². The maximum absolute atomic E-state index is 13.0. The van der Waals surface area contributed by atoms with E-state index in [9.17, 15) is 8.42 Å². The Labute approximate surface area is 199 Å². The van der Waals surface area contributed by atoms with Gasteiger partial charge in [-0.25, -0.2) is 13.4 Å². The summed E-state index contributed by atoms with van der Waals surface area (Å²) in [4.78, 5) is 6.15. The molecule has 0 N–H and O–H groups in total. The van der Waals surface area contributed by atoms with E-state index >= 15 is 0 Å². The first-order chi connectivity index (χ1) is 16.1. The van der Waals surface area contributed by atoms with Crippen LogP contribution in [0.5, 0.6) is 0 Å². The first kappa shape index (κ1) is 22.5. The standard InChI is InChI=1S/C25H29N3O3S2/c29-33(30,27-15-5-2-6-16-27)23-13-11-20(12-14-23)24-19-32-25(26-21-8-3-1-4-9-21)28(24)18-22-10-7-17-31-22/h1,3-4,8-9,11-14,19,22H,2,5-7,10,15-18H2. The molecule has 2 fully saturated rings. The molecule has 0 radical (unpaired) electrons. The molecule has 2 aliphatic heterocycles. The molecular formula is C25H29N3O3S2. The number of hydrogen-bond donors (Lipinski definition) is 0. The second-order valence-electron chi connectivity index (χ2n) is 8.59. The molecule has 0 aliphatic carbocycles. The zero-order valence-electron chi connectivity index (χ0n) is 18.6. The molecule has 1 unspecified atom stereocenters. The number of hydrogen-bond acceptors (Lipinski definition) is 5. The Morgan fingerprint density at radius 2 is 1.73 bits per heavy atom. The first-order valence-electron chi connectivity index (χ1n) is 11.6. The van der Waals surface area contributed by atoms with Crippen molar-refractivity contribution in [2.75, 3.05) is 19.7 Å². The van der Waals surface area contributed by atoms with Gasteiger partial charge in [0.05, 0.1) is 28.9 Å². The van der Waals surface area contributed by atoms with Crippen LogP contribution in [0.15, 0.2) is 69.9 Å². The lowest BCUT2D eigenvalue weighted by Crippen LogP contribution is -2.35. The van der Waals surface area contributed by atoms with E-state index in [1.54, 1.807) is 27.8 Å². The zero-order chi connectivity index (χ0) is 22.7. The van der Waals surface area contributed by atoms with Gasteiger partial charge >= 0.3 is 0 Å². The predicted octanol–water partition coefficient (Wildman–Crippen LogP) is 4.80. The Balaban J connectivity index is 1.49. The lowest BCUT2D eigenvalue weighted by Gasteiger charge is -2.25. The predicted molar refractivity (Wildman–Crippen MR) is 131 cm³/mol. The van der Waals surface area contributed by atoms with Gasteiger partial charge in [0.2, 0.25) is 10.0 Å². The van der Waals surface area contributed by atoms with Gasteiger partial charge in [-0.1, -0.05) is 36.8 Å². The van der Waals surface area contributed by atoms with E-state index in [0.29, 0.717) is 18.0 Å². The number of thiazole rings is 1. The summed E-state index contributed by atoms with van der Waals surface area (Å²) < 4.78 is 35.8. The molecule has 174 valence electrons. The van der Waals surface area contributed by atoms with Crippen molar-refractivity contribution in [3.8, 4) is 11.3 Å². The van der Waals surface area contributed by atoms with Crippen LogP contribution in [0, 0.1) is 0 Å². The van der Waals surface area contributed by atoms with Crippen molar-refractivity contribution in [1.29, 1.82) is 0 Å². The highest BCUT2D eigenvalue weighted by Gasteiger charge is 2.26. The Morgan fingerprint density at radius 1 is 0.970 bits per heavy atom. The third kappa shape index (κ3) is 4.99. The molecule has 0 saturated carbocycles. The van der Waals surface area contributed by atoms with Gasteiger partial charge in [-0.15, -0.1) is 11.3 Å². The van der Waals surface area contributed by atoms with Gasteiger partial charge < -0.3 is 9.30 Å². The molecule has 2 saturated heterocycles. The minimum atomic E-state index is -3.43. The molecule has 6 nitrogen and oxygen atoms in total. The molecule has 1 atom stereocenters. The SMILES string of the molecule is O=S(=O)(c1ccc(-c2csc(=Nc3ccccc3)n2CC2CCCO2)cc1)N1CCCCC1. The fourth-order valence-electron chi connectivity index (χ4n) is 4.48. The lowest BCUT2D eigenvalue weighted by atomic mass is 10.1. The maximum atomic E-state index is 13.0. The Kier molecular flexibility index (Phi) is 6.78. The number of benzene rings is 2. The van der Waals surface area contributed by atoms with E-state index in [4.69, 9.17) is 9.73 Å². The number of rotatable bonds is 6. The van der Waals surface area contributed by atoms with Gasteiger partial charge in [0.15, 0.2) is 4.80 Å². The van der Waals surface area contributed by atoms with Crippen molar-refractivity contribution >= 4 is 27.0 Å². The van der Waals surface area contributed by atoms with E-state index in [1.807, 2.05) is 42.5 Å². The highest BCUT2D eigenvalue weighted by Crippen LogP contribution is 2.27. The Bertz CT molecular complexity index is 1240. The van der Waals surface area contributed by atoms with Crippen LogP contribution in [-0.2, 0) is 21.3 Å². The van der Waals surface area contributed by atoms with Crippen LogP contribution < -0.4 is 4.80 Å². The van der Waals surface area contributed by atoms with Gasteiger partial charge in [-0.2, -0.15) is 4.31 Å². The quantitative estimate of drug-likeness (QED) is 0.506. The second-order valence-corrected chi connectivity index (χ2v) is 11.4. The van der Waals surface area contributed by atoms with E-state index in [-0.39, 0.29) is 6.10 Å². The van der Waals surface area contributed by atoms with E-state index in [0.717, 1.165) is 67.0 Å². The van der Waals surface area contributed by atoms with Crippen LogP contribution in [0.25, 0.3) is 11.3 Å². The van der Waals surface area contributed by atoms with Gasteiger partial charge in [0, 0.05) is 25.1 Å². The molecular weight excluding hydrogens is 454 g/mol.